The zero-order chi connectivity index (χ0) is 18.8. The van der Waals surface area contributed by atoms with Crippen LogP contribution in [0.4, 0.5) is 0 Å². The van der Waals surface area contributed by atoms with Gasteiger partial charge in [-0.3, -0.25) is 4.79 Å². The Balaban J connectivity index is 1.38. The zero-order valence-electron chi connectivity index (χ0n) is 14.9. The first-order valence-electron chi connectivity index (χ1n) is 8.99. The van der Waals surface area contributed by atoms with Crippen molar-refractivity contribution in [3.05, 3.63) is 64.2 Å². The Hall–Kier alpha value is -2.60. The number of esters is 1. The molecule has 1 aromatic heterocycles. The first-order valence-corrected chi connectivity index (χ1v) is 9.87. The molecule has 0 spiro atoms. The van der Waals surface area contributed by atoms with Crippen molar-refractivity contribution in [3.63, 3.8) is 0 Å². The number of fused-ring (bicyclic) bond motifs is 1. The minimum atomic E-state index is -0.311. The van der Waals surface area contributed by atoms with E-state index in [4.69, 9.17) is 14.2 Å². The van der Waals surface area contributed by atoms with E-state index >= 15 is 0 Å². The Bertz CT molecular complexity index is 853. The number of benzene rings is 1. The summed E-state index contributed by atoms with van der Waals surface area (Å²) in [5, 5.41) is 1.84. The van der Waals surface area contributed by atoms with Crippen molar-refractivity contribution >= 4 is 23.1 Å². The second kappa shape index (κ2) is 7.56. The molecule has 5 nitrogen and oxygen atoms in total. The first-order chi connectivity index (χ1) is 13.1. The maximum Gasteiger partial charge on any atom is 0.348 e. The van der Waals surface area contributed by atoms with Crippen LogP contribution < -0.4 is 4.74 Å². The molecular formula is C21H20O5S. The summed E-state index contributed by atoms with van der Waals surface area (Å²) in [6.07, 6.45) is 2.65. The van der Waals surface area contributed by atoms with Gasteiger partial charge in [-0.15, -0.1) is 11.3 Å². The summed E-state index contributed by atoms with van der Waals surface area (Å²) in [4.78, 5) is 25.5. The molecule has 2 aliphatic rings. The molecule has 0 amide bonds. The highest BCUT2D eigenvalue weighted by Crippen LogP contribution is 2.35. The largest absolute Gasteiger partial charge is 0.493 e. The molecule has 2 heterocycles. The van der Waals surface area contributed by atoms with Crippen LogP contribution >= 0.6 is 11.3 Å². The monoisotopic (exact) mass is 384 g/mol. The van der Waals surface area contributed by atoms with Gasteiger partial charge in [0.25, 0.3) is 0 Å². The van der Waals surface area contributed by atoms with E-state index in [1.54, 1.807) is 6.07 Å². The molecule has 3 atom stereocenters. The quantitative estimate of drug-likeness (QED) is 0.737. The molecule has 0 radical (unpaired) electrons. The topological polar surface area (TPSA) is 61.8 Å². The molecule has 1 aliphatic carbocycles. The number of ketones is 1. The third kappa shape index (κ3) is 3.90. The summed E-state index contributed by atoms with van der Waals surface area (Å²) in [5.41, 5.74) is 1.12. The smallest absolute Gasteiger partial charge is 0.348 e. The third-order valence-electron chi connectivity index (χ3n) is 4.92. The fraction of sp³-hybridized carbons (Fsp3) is 0.333. The van der Waals surface area contributed by atoms with E-state index in [1.807, 2.05) is 42.6 Å². The van der Waals surface area contributed by atoms with Crippen LogP contribution in [0.5, 0.6) is 5.75 Å². The van der Waals surface area contributed by atoms with Gasteiger partial charge in [0.1, 0.15) is 29.1 Å². The number of hydrogen-bond donors (Lipinski definition) is 0. The van der Waals surface area contributed by atoms with Gasteiger partial charge in [-0.25, -0.2) is 4.79 Å². The molecule has 6 heteroatoms. The third-order valence-corrected chi connectivity index (χ3v) is 5.77. The molecule has 1 saturated carbocycles. The molecule has 3 unspecified atom stereocenters. The predicted octanol–water partition coefficient (Wildman–Crippen LogP) is 4.27. The number of Topliss-reactive ketones (excluding diaryl/α,β-unsaturated/α-hetero) is 1. The van der Waals surface area contributed by atoms with Crippen molar-refractivity contribution < 1.29 is 23.8 Å². The van der Waals surface area contributed by atoms with Crippen molar-refractivity contribution in [3.8, 4) is 5.75 Å². The van der Waals surface area contributed by atoms with E-state index in [1.165, 1.54) is 17.6 Å². The van der Waals surface area contributed by atoms with Crippen LogP contribution in [0.3, 0.4) is 0 Å². The SMILES string of the molecule is Cc1ccc(OC2=COC3CC(OC(=O)c4cccs4)CCC3C2=O)cc1. The van der Waals surface area contributed by atoms with Crippen LogP contribution in [0.25, 0.3) is 0 Å². The zero-order valence-corrected chi connectivity index (χ0v) is 15.7. The average Bonchev–Trinajstić information content (AvgIpc) is 3.21. The molecule has 1 aliphatic heterocycles. The van der Waals surface area contributed by atoms with E-state index in [0.29, 0.717) is 29.9 Å². The maximum atomic E-state index is 12.8. The molecule has 0 saturated heterocycles. The van der Waals surface area contributed by atoms with Crippen molar-refractivity contribution in [1.82, 2.24) is 0 Å². The summed E-state index contributed by atoms with van der Waals surface area (Å²) in [5.74, 6) is 0.228. The van der Waals surface area contributed by atoms with Crippen LogP contribution in [0.1, 0.15) is 34.5 Å². The van der Waals surface area contributed by atoms with Gasteiger partial charge in [-0.1, -0.05) is 23.8 Å². The highest BCUT2D eigenvalue weighted by Gasteiger charge is 2.42. The maximum absolute atomic E-state index is 12.8. The summed E-state index contributed by atoms with van der Waals surface area (Å²) in [6.45, 7) is 1.99. The summed E-state index contributed by atoms with van der Waals surface area (Å²) in [7, 11) is 0. The summed E-state index contributed by atoms with van der Waals surface area (Å²) in [6, 6.07) is 11.1. The fourth-order valence-electron chi connectivity index (χ4n) is 3.45. The fourth-order valence-corrected chi connectivity index (χ4v) is 4.06. The van der Waals surface area contributed by atoms with Crippen LogP contribution in [0.15, 0.2) is 53.8 Å². The number of hydrogen-bond acceptors (Lipinski definition) is 6. The second-order valence-electron chi connectivity index (χ2n) is 6.86. The summed E-state index contributed by atoms with van der Waals surface area (Å²) < 4.78 is 17.1. The van der Waals surface area contributed by atoms with E-state index < -0.39 is 0 Å². The Morgan fingerprint density at radius 2 is 2.00 bits per heavy atom. The Morgan fingerprint density at radius 3 is 2.74 bits per heavy atom. The van der Waals surface area contributed by atoms with Gasteiger partial charge < -0.3 is 14.2 Å². The molecule has 1 aromatic carbocycles. The first kappa shape index (κ1) is 17.8. The van der Waals surface area contributed by atoms with Crippen molar-refractivity contribution in [2.24, 2.45) is 5.92 Å². The number of rotatable bonds is 4. The molecule has 2 aromatic rings. The molecule has 140 valence electrons. The number of carbonyl (C=O) groups excluding carboxylic acids is 2. The number of carbonyl (C=O) groups is 2. The molecule has 27 heavy (non-hydrogen) atoms. The second-order valence-corrected chi connectivity index (χ2v) is 7.81. The van der Waals surface area contributed by atoms with E-state index in [9.17, 15) is 9.59 Å². The van der Waals surface area contributed by atoms with E-state index in [0.717, 1.165) is 5.56 Å². The van der Waals surface area contributed by atoms with Crippen LogP contribution in [-0.4, -0.2) is 24.0 Å². The van der Waals surface area contributed by atoms with Crippen LogP contribution in [0.2, 0.25) is 0 Å². The molecule has 4 rings (SSSR count). The molecular weight excluding hydrogens is 364 g/mol. The lowest BCUT2D eigenvalue weighted by molar-refractivity contribution is -0.132. The highest BCUT2D eigenvalue weighted by atomic mass is 32.1. The van der Waals surface area contributed by atoms with Crippen molar-refractivity contribution in [1.29, 1.82) is 0 Å². The van der Waals surface area contributed by atoms with Gasteiger partial charge in [-0.2, -0.15) is 0 Å². The van der Waals surface area contributed by atoms with Crippen LogP contribution in [0, 0.1) is 12.8 Å². The number of allylic oxidation sites excluding steroid dienone is 1. The van der Waals surface area contributed by atoms with Gasteiger partial charge in [0.15, 0.2) is 0 Å². The van der Waals surface area contributed by atoms with Crippen molar-refractivity contribution in [2.75, 3.05) is 0 Å². The standard InChI is InChI=1S/C21H20O5S/c1-13-4-6-14(7-5-13)25-18-12-24-17-11-15(8-9-16(17)20(18)22)26-21(23)19-3-2-10-27-19/h2-7,10,12,15-17H,8-9,11H2,1H3. The molecule has 1 fully saturated rings. The van der Waals surface area contributed by atoms with Gasteiger partial charge >= 0.3 is 5.97 Å². The van der Waals surface area contributed by atoms with E-state index in [2.05, 4.69) is 0 Å². The normalized spacial score (nSPS) is 24.4. The molecule has 0 bridgehead atoms. The highest BCUT2D eigenvalue weighted by molar-refractivity contribution is 7.11. The lowest BCUT2D eigenvalue weighted by atomic mass is 9.80. The van der Waals surface area contributed by atoms with Crippen LogP contribution in [-0.2, 0) is 14.3 Å². The lowest BCUT2D eigenvalue weighted by Gasteiger charge is -2.36. The Kier molecular flexibility index (Phi) is 4.99. The number of aryl methyl sites for hydroxylation is 1. The van der Waals surface area contributed by atoms with Gasteiger partial charge in [0.05, 0.1) is 5.92 Å². The number of ether oxygens (including phenoxy) is 3. The van der Waals surface area contributed by atoms with E-state index in [-0.39, 0.29) is 35.6 Å². The van der Waals surface area contributed by atoms with Gasteiger partial charge in [0.2, 0.25) is 11.5 Å². The predicted molar refractivity (Wildman–Crippen MR) is 101 cm³/mol. The van der Waals surface area contributed by atoms with Gasteiger partial charge in [0, 0.05) is 6.42 Å². The summed E-state index contributed by atoms with van der Waals surface area (Å²) >= 11 is 1.36. The van der Waals surface area contributed by atoms with Crippen molar-refractivity contribution in [2.45, 2.75) is 38.4 Å². The lowest BCUT2D eigenvalue weighted by Crippen LogP contribution is -2.43. The van der Waals surface area contributed by atoms with Gasteiger partial charge in [-0.05, 0) is 43.3 Å². The minimum absolute atomic E-state index is 0.0464. The molecule has 0 N–H and O–H groups in total. The Labute approximate surface area is 161 Å². The average molecular weight is 384 g/mol. The number of thiophene rings is 1. The Morgan fingerprint density at radius 1 is 1.19 bits per heavy atom. The minimum Gasteiger partial charge on any atom is -0.493 e.